The van der Waals surface area contributed by atoms with Crippen LogP contribution >= 0.6 is 23.2 Å². The van der Waals surface area contributed by atoms with E-state index in [0.29, 0.717) is 40.9 Å². The number of amides is 2. The van der Waals surface area contributed by atoms with Gasteiger partial charge in [0.25, 0.3) is 5.91 Å². The molecule has 2 aromatic carbocycles. The summed E-state index contributed by atoms with van der Waals surface area (Å²) < 4.78 is 37.4. The van der Waals surface area contributed by atoms with E-state index in [1.54, 1.807) is 40.1 Å². The van der Waals surface area contributed by atoms with Gasteiger partial charge in [0.1, 0.15) is 17.5 Å². The Morgan fingerprint density at radius 2 is 1.63 bits per heavy atom. The molecule has 2 amide bonds. The number of halogens is 2. The van der Waals surface area contributed by atoms with Crippen LogP contribution in [-0.4, -0.2) is 94.3 Å². The van der Waals surface area contributed by atoms with Crippen molar-refractivity contribution in [3.05, 3.63) is 92.9 Å². The van der Waals surface area contributed by atoms with Gasteiger partial charge >= 0.3 is 5.97 Å². The van der Waals surface area contributed by atoms with E-state index < -0.39 is 22.0 Å². The smallest absolute Gasteiger partial charge is 0.332 e. The molecule has 2 aliphatic heterocycles. The molecule has 0 saturated carbocycles. The zero-order chi connectivity index (χ0) is 37.3. The van der Waals surface area contributed by atoms with E-state index in [1.807, 2.05) is 30.5 Å². The summed E-state index contributed by atoms with van der Waals surface area (Å²) in [6.45, 7) is 6.09. The highest BCUT2D eigenvalue weighted by Crippen LogP contribution is 2.36. The Labute approximate surface area is 310 Å². The quantitative estimate of drug-likeness (QED) is 0.114. The fourth-order valence-electron chi connectivity index (χ4n) is 6.32. The number of carbonyl (C=O) groups excluding carboxylic acids is 3. The third-order valence-electron chi connectivity index (χ3n) is 9.27. The standard InChI is InChI=1S/C35H37Cl2N7O7S/c1-21-22(2)43-14-5-7-29(33(43)39-21)50-20-26-27(36)12-13-30(31(26)37)52(48,49)44-15-4-6-28(44)35(47)42-18-16-41(17-19-42)34(46)25-10-8-24(9-11-25)32(38)40-51-23(3)45/h5,7-14,28H,4,6,15-20H2,1-3H3,(H2,38,40). The number of amidine groups is 1. The van der Waals surface area contributed by atoms with Gasteiger partial charge in [0, 0.05) is 73.3 Å². The summed E-state index contributed by atoms with van der Waals surface area (Å²) in [5, 5.41) is 3.71. The molecule has 2 saturated heterocycles. The van der Waals surface area contributed by atoms with E-state index in [1.165, 1.54) is 23.4 Å². The molecule has 52 heavy (non-hydrogen) atoms. The van der Waals surface area contributed by atoms with Crippen molar-refractivity contribution in [1.82, 2.24) is 23.5 Å². The van der Waals surface area contributed by atoms with Crippen LogP contribution in [0.5, 0.6) is 5.75 Å². The van der Waals surface area contributed by atoms with Gasteiger partial charge in [0.05, 0.1) is 10.7 Å². The molecule has 0 spiro atoms. The maximum absolute atomic E-state index is 14.1. The molecule has 0 radical (unpaired) electrons. The van der Waals surface area contributed by atoms with Crippen LogP contribution in [-0.2, 0) is 31.1 Å². The summed E-state index contributed by atoms with van der Waals surface area (Å²) in [5.74, 6) is -0.698. The van der Waals surface area contributed by atoms with Gasteiger partial charge < -0.3 is 29.5 Å². The highest BCUT2D eigenvalue weighted by molar-refractivity contribution is 7.89. The third-order valence-corrected chi connectivity index (χ3v) is 12.1. The van der Waals surface area contributed by atoms with Gasteiger partial charge in [-0.3, -0.25) is 9.59 Å². The van der Waals surface area contributed by atoms with Gasteiger partial charge in [0.15, 0.2) is 17.2 Å². The number of benzene rings is 2. The second-order valence-corrected chi connectivity index (χ2v) is 15.1. The van der Waals surface area contributed by atoms with E-state index in [4.69, 9.17) is 33.7 Å². The minimum absolute atomic E-state index is 0.0123. The monoisotopic (exact) mass is 769 g/mol. The van der Waals surface area contributed by atoms with Gasteiger partial charge in [-0.25, -0.2) is 18.2 Å². The molecule has 4 heterocycles. The van der Waals surface area contributed by atoms with Crippen LogP contribution in [0.2, 0.25) is 10.0 Å². The van der Waals surface area contributed by atoms with Gasteiger partial charge in [0.2, 0.25) is 15.9 Å². The number of hydrogen-bond acceptors (Lipinski definition) is 9. The molecule has 1 unspecified atom stereocenters. The predicted molar refractivity (Wildman–Crippen MR) is 194 cm³/mol. The van der Waals surface area contributed by atoms with Crippen LogP contribution in [0.15, 0.2) is 64.8 Å². The number of hydrogen-bond donors (Lipinski definition) is 1. The predicted octanol–water partition coefficient (Wildman–Crippen LogP) is 4.16. The van der Waals surface area contributed by atoms with Crippen LogP contribution in [0, 0.1) is 13.8 Å². The number of rotatable bonds is 9. The fourth-order valence-corrected chi connectivity index (χ4v) is 8.83. The Balaban J connectivity index is 1.11. The van der Waals surface area contributed by atoms with Gasteiger partial charge in [-0.15, -0.1) is 0 Å². The Kier molecular flexibility index (Phi) is 10.8. The maximum Gasteiger partial charge on any atom is 0.332 e. The molecule has 0 aliphatic carbocycles. The second-order valence-electron chi connectivity index (χ2n) is 12.5. The molecule has 274 valence electrons. The molecule has 2 fully saturated rings. The first kappa shape index (κ1) is 37.1. The number of nitrogens with zero attached hydrogens (tertiary/aromatic N) is 6. The molecule has 0 bridgehead atoms. The lowest BCUT2D eigenvalue weighted by atomic mass is 10.1. The summed E-state index contributed by atoms with van der Waals surface area (Å²) in [5.41, 5.74) is 9.44. The number of piperazine rings is 1. The van der Waals surface area contributed by atoms with Crippen molar-refractivity contribution in [3.63, 3.8) is 0 Å². The molecule has 14 nitrogen and oxygen atoms in total. The van der Waals surface area contributed by atoms with Crippen LogP contribution in [0.25, 0.3) is 5.65 Å². The van der Waals surface area contributed by atoms with Crippen molar-refractivity contribution >= 4 is 62.5 Å². The van der Waals surface area contributed by atoms with Crippen molar-refractivity contribution in [2.45, 2.75) is 51.2 Å². The first-order valence-electron chi connectivity index (χ1n) is 16.5. The zero-order valence-corrected chi connectivity index (χ0v) is 31.0. The van der Waals surface area contributed by atoms with Gasteiger partial charge in [-0.05, 0) is 63.1 Å². The van der Waals surface area contributed by atoms with Crippen LogP contribution < -0.4 is 10.5 Å². The van der Waals surface area contributed by atoms with E-state index in [9.17, 15) is 22.8 Å². The normalized spacial score (nSPS) is 17.1. The number of oxime groups is 1. The average Bonchev–Trinajstić information content (AvgIpc) is 3.75. The Bertz CT molecular complexity index is 2180. The lowest BCUT2D eigenvalue weighted by molar-refractivity contribution is -0.141. The number of pyridine rings is 1. The topological polar surface area (TPSA) is 169 Å². The highest BCUT2D eigenvalue weighted by Gasteiger charge is 2.43. The van der Waals surface area contributed by atoms with E-state index >= 15 is 0 Å². The summed E-state index contributed by atoms with van der Waals surface area (Å²) in [6.07, 6.45) is 2.72. The molecule has 1 atom stereocenters. The molecule has 2 N–H and O–H groups in total. The summed E-state index contributed by atoms with van der Waals surface area (Å²) in [6, 6.07) is 11.9. The number of nitrogens with two attached hydrogens (primary N) is 1. The molecule has 17 heteroatoms. The Morgan fingerprint density at radius 3 is 2.33 bits per heavy atom. The second kappa shape index (κ2) is 15.1. The van der Waals surface area contributed by atoms with E-state index in [0.717, 1.165) is 11.4 Å². The van der Waals surface area contributed by atoms with Gasteiger partial charge in [-0.1, -0.05) is 40.5 Å². The summed E-state index contributed by atoms with van der Waals surface area (Å²) in [4.78, 5) is 50.2. The van der Waals surface area contributed by atoms with Crippen LogP contribution in [0.1, 0.15) is 52.6 Å². The van der Waals surface area contributed by atoms with Crippen molar-refractivity contribution in [1.29, 1.82) is 0 Å². The number of carbonyl (C=O) groups is 3. The Hall–Kier alpha value is -4.70. The van der Waals surface area contributed by atoms with E-state index in [2.05, 4.69) is 15.0 Å². The number of sulfonamides is 1. The highest BCUT2D eigenvalue weighted by atomic mass is 35.5. The number of ether oxygens (including phenoxy) is 1. The third kappa shape index (κ3) is 7.31. The number of aromatic nitrogens is 2. The van der Waals surface area contributed by atoms with E-state index in [-0.39, 0.29) is 71.9 Å². The lowest BCUT2D eigenvalue weighted by Crippen LogP contribution is -2.55. The maximum atomic E-state index is 14.1. The van der Waals surface area contributed by atoms with Crippen LogP contribution in [0.3, 0.4) is 0 Å². The lowest BCUT2D eigenvalue weighted by Gasteiger charge is -2.37. The average molecular weight is 771 g/mol. The largest absolute Gasteiger partial charge is 0.485 e. The summed E-state index contributed by atoms with van der Waals surface area (Å²) >= 11 is 13.3. The molecular formula is C35H37Cl2N7O7S. The molecule has 6 rings (SSSR count). The molecule has 2 aliphatic rings. The zero-order valence-electron chi connectivity index (χ0n) is 28.7. The van der Waals surface area contributed by atoms with Crippen molar-refractivity contribution in [2.75, 3.05) is 32.7 Å². The molecular weight excluding hydrogens is 733 g/mol. The van der Waals surface area contributed by atoms with Crippen LogP contribution in [0.4, 0.5) is 0 Å². The summed E-state index contributed by atoms with van der Waals surface area (Å²) in [7, 11) is -4.22. The first-order valence-corrected chi connectivity index (χ1v) is 18.7. The van der Waals surface area contributed by atoms with Crippen molar-refractivity contribution in [2.24, 2.45) is 10.9 Å². The fraction of sp³-hybridized carbons (Fsp3) is 0.343. The van der Waals surface area contributed by atoms with Gasteiger partial charge in [-0.2, -0.15) is 4.31 Å². The minimum atomic E-state index is -4.22. The minimum Gasteiger partial charge on any atom is -0.485 e. The number of fused-ring (bicyclic) bond motifs is 1. The molecule has 2 aromatic heterocycles. The molecule has 4 aromatic rings. The SMILES string of the molecule is CC(=O)O/N=C(/N)c1ccc(C(=O)N2CCN(C(=O)C3CCCN3S(=O)(=O)c3ccc(Cl)c(COc4cccn5c(C)c(C)nc45)c3Cl)CC2)cc1. The Morgan fingerprint density at radius 1 is 0.962 bits per heavy atom. The number of aryl methyl sites for hydroxylation is 2. The van der Waals surface area contributed by atoms with Crippen molar-refractivity contribution < 1.29 is 32.4 Å². The van der Waals surface area contributed by atoms with Crippen molar-refractivity contribution in [3.8, 4) is 5.75 Å². The first-order chi connectivity index (χ1) is 24.8. The number of imidazole rings is 1.